The summed E-state index contributed by atoms with van der Waals surface area (Å²) in [6.45, 7) is 4.75. The predicted molar refractivity (Wildman–Crippen MR) is 96.5 cm³/mol. The Bertz CT molecular complexity index is 893. The minimum Gasteiger partial charge on any atom is -0.494 e. The summed E-state index contributed by atoms with van der Waals surface area (Å²) in [7, 11) is 1.47. The number of hydrogen-bond donors (Lipinski definition) is 1. The molecule has 0 spiro atoms. The van der Waals surface area contributed by atoms with E-state index in [4.69, 9.17) is 9.84 Å². The van der Waals surface area contributed by atoms with E-state index >= 15 is 0 Å². The maximum Gasteiger partial charge on any atom is 0.165 e. The van der Waals surface area contributed by atoms with Crippen LogP contribution in [0.15, 0.2) is 36.7 Å². The van der Waals surface area contributed by atoms with Crippen LogP contribution in [-0.4, -0.2) is 33.0 Å². The van der Waals surface area contributed by atoms with Crippen LogP contribution in [0.4, 0.5) is 4.39 Å². The standard InChI is InChI=1S/C19H22FN5O/c1-13(14-4-5-18(26-2)16(20)10-14)24-9-7-22-19(24)17-11-15-12-21-6-3-8-25(15)23-17/h4-5,7,9-11,13,21H,3,6,8,12H2,1-2H3. The van der Waals surface area contributed by atoms with Gasteiger partial charge < -0.3 is 14.6 Å². The molecule has 3 aromatic rings. The van der Waals surface area contributed by atoms with Gasteiger partial charge in [-0.25, -0.2) is 9.37 Å². The fraction of sp³-hybridized carbons (Fsp3) is 0.368. The molecule has 1 N–H and O–H groups in total. The van der Waals surface area contributed by atoms with Gasteiger partial charge >= 0.3 is 0 Å². The molecule has 6 nitrogen and oxygen atoms in total. The van der Waals surface area contributed by atoms with Crippen LogP contribution in [0.3, 0.4) is 0 Å². The Balaban J connectivity index is 1.67. The van der Waals surface area contributed by atoms with E-state index in [1.54, 1.807) is 12.3 Å². The Labute approximate surface area is 151 Å². The van der Waals surface area contributed by atoms with Gasteiger partial charge in [0, 0.05) is 25.5 Å². The van der Waals surface area contributed by atoms with Crippen LogP contribution in [0.1, 0.15) is 30.6 Å². The van der Waals surface area contributed by atoms with Crippen LogP contribution < -0.4 is 10.1 Å². The molecular weight excluding hydrogens is 333 g/mol. The highest BCUT2D eigenvalue weighted by Gasteiger charge is 2.19. The molecule has 0 saturated heterocycles. The second kappa shape index (κ2) is 6.92. The minimum atomic E-state index is -0.363. The van der Waals surface area contributed by atoms with Crippen molar-refractivity contribution in [3.8, 4) is 17.3 Å². The molecule has 0 amide bonds. The van der Waals surface area contributed by atoms with Gasteiger partial charge in [0.2, 0.25) is 0 Å². The number of halogens is 1. The summed E-state index contributed by atoms with van der Waals surface area (Å²) < 4.78 is 23.2. The lowest BCUT2D eigenvalue weighted by molar-refractivity contribution is 0.385. The molecule has 0 saturated carbocycles. The highest BCUT2D eigenvalue weighted by molar-refractivity contribution is 5.51. The molecule has 26 heavy (non-hydrogen) atoms. The monoisotopic (exact) mass is 355 g/mol. The Morgan fingerprint density at radius 2 is 2.19 bits per heavy atom. The zero-order valence-corrected chi connectivity index (χ0v) is 14.9. The number of rotatable bonds is 4. The molecule has 1 atom stereocenters. The SMILES string of the molecule is COc1ccc(C(C)n2ccnc2-c2cc3n(n2)CCCNC3)cc1F. The van der Waals surface area contributed by atoms with Crippen LogP contribution in [-0.2, 0) is 13.1 Å². The molecule has 3 heterocycles. The first-order valence-corrected chi connectivity index (χ1v) is 8.81. The summed E-state index contributed by atoms with van der Waals surface area (Å²) in [5.74, 6) is 0.671. The van der Waals surface area contributed by atoms with E-state index in [2.05, 4.69) is 16.4 Å². The fourth-order valence-corrected chi connectivity index (χ4v) is 3.40. The van der Waals surface area contributed by atoms with Crippen molar-refractivity contribution < 1.29 is 9.13 Å². The lowest BCUT2D eigenvalue weighted by Gasteiger charge is -2.17. The van der Waals surface area contributed by atoms with Gasteiger partial charge in [-0.2, -0.15) is 5.10 Å². The summed E-state index contributed by atoms with van der Waals surface area (Å²) in [6.07, 6.45) is 4.73. The molecule has 0 fully saturated rings. The Morgan fingerprint density at radius 3 is 3.00 bits per heavy atom. The maximum absolute atomic E-state index is 14.1. The first-order valence-electron chi connectivity index (χ1n) is 8.81. The third-order valence-electron chi connectivity index (χ3n) is 4.87. The summed E-state index contributed by atoms with van der Waals surface area (Å²) in [5.41, 5.74) is 2.86. The largest absolute Gasteiger partial charge is 0.494 e. The topological polar surface area (TPSA) is 56.9 Å². The summed E-state index contributed by atoms with van der Waals surface area (Å²) >= 11 is 0. The number of methoxy groups -OCH3 is 1. The molecule has 0 bridgehead atoms. The molecular formula is C19H22FN5O. The number of fused-ring (bicyclic) bond motifs is 1. The molecule has 1 aliphatic rings. The second-order valence-electron chi connectivity index (χ2n) is 6.50. The Morgan fingerprint density at radius 1 is 1.31 bits per heavy atom. The molecule has 0 radical (unpaired) electrons. The van der Waals surface area contributed by atoms with E-state index in [1.165, 1.54) is 13.2 Å². The number of benzene rings is 1. The van der Waals surface area contributed by atoms with Gasteiger partial charge in [0.1, 0.15) is 5.69 Å². The number of ether oxygens (including phenoxy) is 1. The molecule has 1 aliphatic heterocycles. The smallest absolute Gasteiger partial charge is 0.165 e. The van der Waals surface area contributed by atoms with E-state index in [1.807, 2.05) is 28.4 Å². The van der Waals surface area contributed by atoms with E-state index in [0.717, 1.165) is 48.8 Å². The molecule has 0 aliphatic carbocycles. The van der Waals surface area contributed by atoms with Crippen LogP contribution in [0.25, 0.3) is 11.5 Å². The zero-order chi connectivity index (χ0) is 18.1. The van der Waals surface area contributed by atoms with E-state index in [-0.39, 0.29) is 17.6 Å². The fourth-order valence-electron chi connectivity index (χ4n) is 3.40. The normalized spacial score (nSPS) is 15.3. The number of aryl methyl sites for hydroxylation is 1. The predicted octanol–water partition coefficient (Wildman–Crippen LogP) is 3.00. The number of nitrogens with one attached hydrogen (secondary N) is 1. The highest BCUT2D eigenvalue weighted by atomic mass is 19.1. The van der Waals surface area contributed by atoms with Crippen LogP contribution in [0.2, 0.25) is 0 Å². The van der Waals surface area contributed by atoms with Gasteiger partial charge in [-0.15, -0.1) is 0 Å². The first kappa shape index (κ1) is 16.8. The summed E-state index contributed by atoms with van der Waals surface area (Å²) in [5, 5.41) is 8.13. The zero-order valence-electron chi connectivity index (χ0n) is 14.9. The number of hydrogen-bond acceptors (Lipinski definition) is 4. The van der Waals surface area contributed by atoms with E-state index in [9.17, 15) is 4.39 Å². The number of aromatic nitrogens is 4. The summed E-state index contributed by atoms with van der Waals surface area (Å²) in [6, 6.07) is 7.05. The van der Waals surface area contributed by atoms with E-state index < -0.39 is 0 Å². The van der Waals surface area contributed by atoms with Crippen molar-refractivity contribution in [2.75, 3.05) is 13.7 Å². The van der Waals surface area contributed by atoms with E-state index in [0.29, 0.717) is 0 Å². The Hall–Kier alpha value is -2.67. The third kappa shape index (κ3) is 2.99. The maximum atomic E-state index is 14.1. The third-order valence-corrected chi connectivity index (χ3v) is 4.87. The highest BCUT2D eigenvalue weighted by Crippen LogP contribution is 2.28. The van der Waals surface area contributed by atoms with Crippen molar-refractivity contribution in [1.82, 2.24) is 24.6 Å². The van der Waals surface area contributed by atoms with Crippen molar-refractivity contribution in [2.24, 2.45) is 0 Å². The van der Waals surface area contributed by atoms with Gasteiger partial charge in [-0.3, -0.25) is 4.68 Å². The average Bonchev–Trinajstić information content (AvgIpc) is 3.23. The van der Waals surface area contributed by atoms with Gasteiger partial charge in [0.05, 0.1) is 18.8 Å². The lowest BCUT2D eigenvalue weighted by Crippen LogP contribution is -2.11. The van der Waals surface area contributed by atoms with Crippen LogP contribution in [0.5, 0.6) is 5.75 Å². The van der Waals surface area contributed by atoms with Crippen molar-refractivity contribution in [3.63, 3.8) is 0 Å². The van der Waals surface area contributed by atoms with Crippen LogP contribution in [0, 0.1) is 5.82 Å². The minimum absolute atomic E-state index is 0.0764. The van der Waals surface area contributed by atoms with Crippen molar-refractivity contribution in [1.29, 1.82) is 0 Å². The number of imidazole rings is 1. The molecule has 4 rings (SSSR count). The first-order chi connectivity index (χ1) is 12.7. The van der Waals surface area contributed by atoms with Crippen molar-refractivity contribution in [3.05, 3.63) is 53.7 Å². The van der Waals surface area contributed by atoms with Gasteiger partial charge in [0.25, 0.3) is 0 Å². The van der Waals surface area contributed by atoms with Crippen LogP contribution >= 0.6 is 0 Å². The van der Waals surface area contributed by atoms with Gasteiger partial charge in [0.15, 0.2) is 17.4 Å². The van der Waals surface area contributed by atoms with Gasteiger partial charge in [-0.05, 0) is 43.7 Å². The molecule has 1 aromatic carbocycles. The van der Waals surface area contributed by atoms with Gasteiger partial charge in [-0.1, -0.05) is 6.07 Å². The Kier molecular flexibility index (Phi) is 4.46. The van der Waals surface area contributed by atoms with Crippen molar-refractivity contribution >= 4 is 0 Å². The quantitative estimate of drug-likeness (QED) is 0.782. The number of nitrogens with zero attached hydrogens (tertiary/aromatic N) is 4. The molecule has 136 valence electrons. The molecule has 7 heteroatoms. The second-order valence-corrected chi connectivity index (χ2v) is 6.50. The summed E-state index contributed by atoms with van der Waals surface area (Å²) in [4.78, 5) is 4.50. The average molecular weight is 355 g/mol. The molecule has 2 aromatic heterocycles. The molecule has 1 unspecified atom stereocenters. The lowest BCUT2D eigenvalue weighted by atomic mass is 10.1. The van der Waals surface area contributed by atoms with Crippen molar-refractivity contribution in [2.45, 2.75) is 32.5 Å².